The summed E-state index contributed by atoms with van der Waals surface area (Å²) in [5, 5.41) is 0. The van der Waals surface area contributed by atoms with Crippen molar-refractivity contribution in [1.29, 1.82) is 0 Å². The van der Waals surface area contributed by atoms with Crippen LogP contribution in [0.15, 0.2) is 0 Å². The Balaban J connectivity index is 0.00000128. The molecule has 0 radical (unpaired) electrons. The van der Waals surface area contributed by atoms with Crippen LogP contribution in [0.5, 0.6) is 0 Å². The molecule has 1 aliphatic heterocycles. The predicted molar refractivity (Wildman–Crippen MR) is 59.4 cm³/mol. The van der Waals surface area contributed by atoms with Gasteiger partial charge in [0.25, 0.3) is 0 Å². The van der Waals surface area contributed by atoms with E-state index in [1.165, 1.54) is 0 Å². The Kier molecular flexibility index (Phi) is 2.98. The molecule has 1 aliphatic rings. The van der Waals surface area contributed by atoms with Crippen LogP contribution in [-0.2, 0) is 17.8 Å². The highest BCUT2D eigenvalue weighted by Gasteiger charge is 2.14. The van der Waals surface area contributed by atoms with E-state index in [0.29, 0.717) is 12.4 Å². The highest BCUT2D eigenvalue weighted by Crippen LogP contribution is 2.17. The van der Waals surface area contributed by atoms with Crippen molar-refractivity contribution in [3.8, 4) is 11.8 Å². The molecule has 0 unspecified atom stereocenters. The second-order valence-electron chi connectivity index (χ2n) is 3.52. The third-order valence-corrected chi connectivity index (χ3v) is 2.41. The van der Waals surface area contributed by atoms with E-state index in [1.54, 1.807) is 0 Å². The van der Waals surface area contributed by atoms with Gasteiger partial charge in [-0.15, -0.1) is 0 Å². The number of aryl methyl sites for hydroxylation is 1. The third-order valence-electron chi connectivity index (χ3n) is 2.41. The summed E-state index contributed by atoms with van der Waals surface area (Å²) in [6.45, 7) is 5.41. The average molecular weight is 204 g/mol. The summed E-state index contributed by atoms with van der Waals surface area (Å²) in [5.41, 5.74) is 3.25. The fourth-order valence-electron chi connectivity index (χ4n) is 1.62. The monoisotopic (exact) mass is 204 g/mol. The maximum Gasteiger partial charge on any atom is 0.205 e. The summed E-state index contributed by atoms with van der Waals surface area (Å²) in [7, 11) is 0. The molecular weight excluding hydrogens is 188 g/mol. The summed E-state index contributed by atoms with van der Waals surface area (Å²) in [4.78, 5) is 8.81. The number of hydrogen-bond acceptors (Lipinski definition) is 3. The van der Waals surface area contributed by atoms with Gasteiger partial charge in [-0.05, 0) is 12.8 Å². The summed E-state index contributed by atoms with van der Waals surface area (Å²) in [6, 6.07) is 0. The molecule has 0 bridgehead atoms. The van der Waals surface area contributed by atoms with Crippen LogP contribution in [-0.4, -0.2) is 16.6 Å². The molecule has 3 heteroatoms. The average Bonchev–Trinajstić information content (AvgIpc) is 2.26. The lowest BCUT2D eigenvalue weighted by atomic mass is 10.1. The smallest absolute Gasteiger partial charge is 0.205 e. The van der Waals surface area contributed by atoms with Crippen LogP contribution in [0, 0.1) is 18.8 Å². The number of nitrogens with zero attached hydrogens (tertiary/aromatic N) is 2. The standard InChI is InChI=1S/C12H14N2O.H2/c1-3-4-5-12-13-9(2)10-8-15-7-6-11(10)14-12;/h3,6-8H2,1-2H3;1H. The van der Waals surface area contributed by atoms with Gasteiger partial charge in [-0.3, -0.25) is 0 Å². The maximum absolute atomic E-state index is 5.38. The zero-order chi connectivity index (χ0) is 10.7. The molecule has 0 amide bonds. The lowest BCUT2D eigenvalue weighted by Crippen LogP contribution is -2.15. The molecule has 1 aromatic heterocycles. The van der Waals surface area contributed by atoms with Gasteiger partial charge in [0.2, 0.25) is 5.82 Å². The van der Waals surface area contributed by atoms with Crippen LogP contribution in [0.25, 0.3) is 0 Å². The Bertz CT molecular complexity index is 435. The Hall–Kier alpha value is -1.40. The third kappa shape index (κ3) is 2.16. The van der Waals surface area contributed by atoms with Crippen molar-refractivity contribution in [2.75, 3.05) is 6.61 Å². The van der Waals surface area contributed by atoms with Crippen molar-refractivity contribution in [3.05, 3.63) is 22.8 Å². The van der Waals surface area contributed by atoms with Crippen LogP contribution >= 0.6 is 0 Å². The van der Waals surface area contributed by atoms with Crippen molar-refractivity contribution in [1.82, 2.24) is 9.97 Å². The lowest BCUT2D eigenvalue weighted by molar-refractivity contribution is 0.108. The fourth-order valence-corrected chi connectivity index (χ4v) is 1.62. The highest BCUT2D eigenvalue weighted by atomic mass is 16.5. The predicted octanol–water partition coefficient (Wildman–Crippen LogP) is 1.87. The lowest BCUT2D eigenvalue weighted by Gasteiger charge is -2.16. The van der Waals surface area contributed by atoms with Gasteiger partial charge in [0.05, 0.1) is 18.9 Å². The molecule has 3 nitrogen and oxygen atoms in total. The van der Waals surface area contributed by atoms with Gasteiger partial charge in [-0.1, -0.05) is 12.8 Å². The first-order valence-electron chi connectivity index (χ1n) is 5.24. The fraction of sp³-hybridized carbons (Fsp3) is 0.500. The Morgan fingerprint density at radius 1 is 1.47 bits per heavy atom. The molecule has 0 aromatic carbocycles. The Morgan fingerprint density at radius 3 is 3.13 bits per heavy atom. The second kappa shape index (κ2) is 4.41. The molecule has 15 heavy (non-hydrogen) atoms. The highest BCUT2D eigenvalue weighted by molar-refractivity contribution is 5.31. The molecule has 0 N–H and O–H groups in total. The van der Waals surface area contributed by atoms with Crippen LogP contribution in [0.2, 0.25) is 0 Å². The molecule has 0 atom stereocenters. The second-order valence-corrected chi connectivity index (χ2v) is 3.52. The molecule has 0 spiro atoms. The van der Waals surface area contributed by atoms with E-state index < -0.39 is 0 Å². The minimum absolute atomic E-state index is 0. The largest absolute Gasteiger partial charge is 0.376 e. The molecule has 0 saturated carbocycles. The van der Waals surface area contributed by atoms with Gasteiger partial charge in [0.1, 0.15) is 0 Å². The Labute approximate surface area is 91.4 Å². The summed E-state index contributed by atoms with van der Waals surface area (Å²) < 4.78 is 5.38. The van der Waals surface area contributed by atoms with Crippen LogP contribution in [0.3, 0.4) is 0 Å². The van der Waals surface area contributed by atoms with E-state index in [0.717, 1.165) is 36.4 Å². The molecule has 0 fully saturated rings. The zero-order valence-electron chi connectivity index (χ0n) is 9.13. The Morgan fingerprint density at radius 2 is 2.33 bits per heavy atom. The first-order valence-corrected chi connectivity index (χ1v) is 5.24. The minimum atomic E-state index is 0. The first kappa shape index (κ1) is 10.1. The SMILES string of the molecule is CCC#Cc1nc(C)c2c(n1)CCOC2.[HH]. The minimum Gasteiger partial charge on any atom is -0.376 e. The van der Waals surface area contributed by atoms with E-state index in [4.69, 9.17) is 4.74 Å². The van der Waals surface area contributed by atoms with E-state index in [9.17, 15) is 0 Å². The van der Waals surface area contributed by atoms with Crippen molar-refractivity contribution >= 4 is 0 Å². The maximum atomic E-state index is 5.38. The van der Waals surface area contributed by atoms with Crippen molar-refractivity contribution < 1.29 is 6.16 Å². The molecule has 2 heterocycles. The van der Waals surface area contributed by atoms with Gasteiger partial charge in [0, 0.05) is 25.5 Å². The van der Waals surface area contributed by atoms with Gasteiger partial charge in [-0.25, -0.2) is 9.97 Å². The normalized spacial score (nSPS) is 14.0. The summed E-state index contributed by atoms with van der Waals surface area (Å²) >= 11 is 0. The number of rotatable bonds is 0. The molecule has 2 rings (SSSR count). The molecule has 1 aromatic rings. The van der Waals surface area contributed by atoms with Crippen LogP contribution in [0.4, 0.5) is 0 Å². The van der Waals surface area contributed by atoms with Crippen molar-refractivity contribution in [2.24, 2.45) is 0 Å². The molecule has 0 aliphatic carbocycles. The van der Waals surface area contributed by atoms with Gasteiger partial charge >= 0.3 is 0 Å². The summed E-state index contributed by atoms with van der Waals surface area (Å²) in [6.07, 6.45) is 1.71. The first-order chi connectivity index (χ1) is 7.31. The quantitative estimate of drug-likeness (QED) is 0.605. The number of fused-ring (bicyclic) bond motifs is 1. The van der Waals surface area contributed by atoms with Crippen LogP contribution in [0.1, 0.15) is 37.5 Å². The van der Waals surface area contributed by atoms with E-state index in [2.05, 4.69) is 21.8 Å². The zero-order valence-corrected chi connectivity index (χ0v) is 9.13. The van der Waals surface area contributed by atoms with Crippen molar-refractivity contribution in [3.63, 3.8) is 0 Å². The number of ether oxygens (including phenoxy) is 1. The molecular formula is C12H16N2O. The van der Waals surface area contributed by atoms with Crippen LogP contribution < -0.4 is 0 Å². The molecule has 0 saturated heterocycles. The number of aromatic nitrogens is 2. The van der Waals surface area contributed by atoms with Crippen molar-refractivity contribution in [2.45, 2.75) is 33.3 Å². The summed E-state index contributed by atoms with van der Waals surface area (Å²) in [5.74, 6) is 6.61. The van der Waals surface area contributed by atoms with E-state index in [1.807, 2.05) is 13.8 Å². The number of hydrogen-bond donors (Lipinski definition) is 0. The van der Waals surface area contributed by atoms with E-state index in [-0.39, 0.29) is 1.43 Å². The van der Waals surface area contributed by atoms with Gasteiger partial charge in [0.15, 0.2) is 0 Å². The van der Waals surface area contributed by atoms with Gasteiger partial charge < -0.3 is 4.74 Å². The van der Waals surface area contributed by atoms with E-state index >= 15 is 0 Å². The topological polar surface area (TPSA) is 35.0 Å². The van der Waals surface area contributed by atoms with Gasteiger partial charge in [-0.2, -0.15) is 0 Å². The molecule has 80 valence electrons.